The summed E-state index contributed by atoms with van der Waals surface area (Å²) < 4.78 is 11.5. The minimum Gasteiger partial charge on any atom is -0.445 e. The maximum Gasteiger partial charge on any atom is 0.254 e. The largest absolute Gasteiger partial charge is 0.445 e. The number of carbonyl (C=O) groups is 2. The Morgan fingerprint density at radius 3 is 2.50 bits per heavy atom. The highest BCUT2D eigenvalue weighted by atomic mass is 16.5. The highest BCUT2D eigenvalue weighted by molar-refractivity contribution is 5.95. The molecule has 2 amide bonds. The lowest BCUT2D eigenvalue weighted by Crippen LogP contribution is -2.45. The normalized spacial score (nSPS) is 20.3. The molecular weight excluding hydrogens is 406 g/mol. The van der Waals surface area contributed by atoms with Gasteiger partial charge in [0, 0.05) is 56.7 Å². The second kappa shape index (κ2) is 9.06. The third kappa shape index (κ3) is 4.18. The molecule has 2 fully saturated rings. The number of hydrogen-bond acceptors (Lipinski definition) is 5. The first-order valence-electron chi connectivity index (χ1n) is 11.8. The summed E-state index contributed by atoms with van der Waals surface area (Å²) in [6, 6.07) is 7.69. The molecule has 1 aromatic heterocycles. The Hall–Kier alpha value is -2.67. The SMILES string of the molecule is Cc1ccccc1C(=O)N1CCC(C(=O)N2CCc3oc(C4CCOCC4)nc3C2)CC1. The van der Waals surface area contributed by atoms with Gasteiger partial charge in [-0.15, -0.1) is 0 Å². The molecule has 32 heavy (non-hydrogen) atoms. The molecule has 0 saturated carbocycles. The third-order valence-electron chi connectivity index (χ3n) is 7.13. The molecule has 0 aliphatic carbocycles. The number of oxazole rings is 1. The fourth-order valence-electron chi connectivity index (χ4n) is 5.10. The first kappa shape index (κ1) is 21.2. The number of amides is 2. The molecule has 0 radical (unpaired) electrons. The van der Waals surface area contributed by atoms with E-state index in [1.54, 1.807) is 0 Å². The Balaban J connectivity index is 1.18. The van der Waals surface area contributed by atoms with Crippen molar-refractivity contribution in [3.63, 3.8) is 0 Å². The van der Waals surface area contributed by atoms with Gasteiger partial charge in [-0.3, -0.25) is 9.59 Å². The number of aryl methyl sites for hydroxylation is 1. The molecule has 0 N–H and O–H groups in total. The molecule has 7 nitrogen and oxygen atoms in total. The second-order valence-electron chi connectivity index (χ2n) is 9.20. The molecule has 3 aliphatic heterocycles. The van der Waals surface area contributed by atoms with E-state index in [1.165, 1.54) is 0 Å². The van der Waals surface area contributed by atoms with Gasteiger partial charge in [0.15, 0.2) is 5.89 Å². The standard InChI is InChI=1S/C25H31N3O4/c1-17-4-2-3-5-20(17)25(30)27-11-6-19(7-12-27)24(29)28-13-8-22-21(16-28)26-23(32-22)18-9-14-31-15-10-18/h2-5,18-19H,6-16H2,1H3. The molecule has 7 heteroatoms. The van der Waals surface area contributed by atoms with E-state index in [0.717, 1.165) is 60.9 Å². The number of ether oxygens (including phenoxy) is 1. The Bertz CT molecular complexity index is 987. The Labute approximate surface area is 188 Å². The highest BCUT2D eigenvalue weighted by Gasteiger charge is 2.34. The van der Waals surface area contributed by atoms with E-state index in [4.69, 9.17) is 14.1 Å². The summed E-state index contributed by atoms with van der Waals surface area (Å²) in [4.78, 5) is 34.7. The van der Waals surface area contributed by atoms with Gasteiger partial charge in [0.05, 0.1) is 6.54 Å². The Morgan fingerprint density at radius 2 is 1.75 bits per heavy atom. The predicted octanol–water partition coefficient (Wildman–Crippen LogP) is 3.31. The van der Waals surface area contributed by atoms with Gasteiger partial charge in [0.25, 0.3) is 5.91 Å². The van der Waals surface area contributed by atoms with Crippen LogP contribution in [-0.2, 0) is 22.5 Å². The summed E-state index contributed by atoms with van der Waals surface area (Å²) in [7, 11) is 0. The van der Waals surface area contributed by atoms with Crippen molar-refractivity contribution in [3.05, 3.63) is 52.7 Å². The van der Waals surface area contributed by atoms with Crippen molar-refractivity contribution in [1.29, 1.82) is 0 Å². The molecule has 0 atom stereocenters. The monoisotopic (exact) mass is 437 g/mol. The topological polar surface area (TPSA) is 75.9 Å². The Kier molecular flexibility index (Phi) is 6.00. The van der Waals surface area contributed by atoms with Crippen LogP contribution in [0, 0.1) is 12.8 Å². The van der Waals surface area contributed by atoms with Crippen molar-refractivity contribution in [1.82, 2.24) is 14.8 Å². The maximum atomic E-state index is 13.2. The van der Waals surface area contributed by atoms with Crippen molar-refractivity contribution in [2.24, 2.45) is 5.92 Å². The first-order valence-corrected chi connectivity index (χ1v) is 11.8. The number of likely N-dealkylation sites (tertiary alicyclic amines) is 1. The lowest BCUT2D eigenvalue weighted by Gasteiger charge is -2.35. The molecule has 170 valence electrons. The summed E-state index contributed by atoms with van der Waals surface area (Å²) >= 11 is 0. The molecule has 2 aromatic rings. The number of nitrogens with zero attached hydrogens (tertiary/aromatic N) is 3. The maximum absolute atomic E-state index is 13.2. The van der Waals surface area contributed by atoms with E-state index in [1.807, 2.05) is 41.0 Å². The molecule has 0 spiro atoms. The number of rotatable bonds is 3. The highest BCUT2D eigenvalue weighted by Crippen LogP contribution is 2.31. The van der Waals surface area contributed by atoms with Crippen molar-refractivity contribution in [2.75, 3.05) is 32.8 Å². The van der Waals surface area contributed by atoms with Crippen LogP contribution in [0.4, 0.5) is 0 Å². The van der Waals surface area contributed by atoms with E-state index >= 15 is 0 Å². The number of hydrogen-bond donors (Lipinski definition) is 0. The quantitative estimate of drug-likeness (QED) is 0.736. The summed E-state index contributed by atoms with van der Waals surface area (Å²) in [5, 5.41) is 0. The third-order valence-corrected chi connectivity index (χ3v) is 7.13. The van der Waals surface area contributed by atoms with Gasteiger partial charge in [-0.25, -0.2) is 4.98 Å². The summed E-state index contributed by atoms with van der Waals surface area (Å²) in [5.74, 6) is 2.31. The molecule has 0 unspecified atom stereocenters. The van der Waals surface area contributed by atoms with Crippen LogP contribution in [-0.4, -0.2) is 59.4 Å². The first-order chi connectivity index (χ1) is 15.6. The smallest absolute Gasteiger partial charge is 0.254 e. The molecule has 0 bridgehead atoms. The van der Waals surface area contributed by atoms with Crippen molar-refractivity contribution < 1.29 is 18.7 Å². The predicted molar refractivity (Wildman–Crippen MR) is 118 cm³/mol. The van der Waals surface area contributed by atoms with E-state index < -0.39 is 0 Å². The van der Waals surface area contributed by atoms with Gasteiger partial charge in [-0.2, -0.15) is 0 Å². The summed E-state index contributed by atoms with van der Waals surface area (Å²) in [6.45, 7) is 5.94. The molecular formula is C25H31N3O4. The number of benzene rings is 1. The number of fused-ring (bicyclic) bond motifs is 1. The molecule has 3 aliphatic rings. The van der Waals surface area contributed by atoms with Gasteiger partial charge in [0.2, 0.25) is 5.91 Å². The van der Waals surface area contributed by atoms with Gasteiger partial charge in [0.1, 0.15) is 11.5 Å². The second-order valence-corrected chi connectivity index (χ2v) is 9.20. The van der Waals surface area contributed by atoms with E-state index in [2.05, 4.69) is 0 Å². The number of piperidine rings is 1. The zero-order valence-electron chi connectivity index (χ0n) is 18.7. The van der Waals surface area contributed by atoms with Crippen LogP contribution in [0.5, 0.6) is 0 Å². The fraction of sp³-hybridized carbons (Fsp3) is 0.560. The molecule has 5 rings (SSSR count). The van der Waals surface area contributed by atoms with E-state index in [9.17, 15) is 9.59 Å². The zero-order valence-corrected chi connectivity index (χ0v) is 18.7. The summed E-state index contributed by atoms with van der Waals surface area (Å²) in [5.41, 5.74) is 2.66. The van der Waals surface area contributed by atoms with Gasteiger partial charge in [-0.1, -0.05) is 18.2 Å². The van der Waals surface area contributed by atoms with Crippen LogP contribution in [0.25, 0.3) is 0 Å². The molecule has 4 heterocycles. The lowest BCUT2D eigenvalue weighted by atomic mass is 9.93. The van der Waals surface area contributed by atoms with Gasteiger partial charge in [-0.05, 0) is 44.2 Å². The van der Waals surface area contributed by atoms with Crippen molar-refractivity contribution in [3.8, 4) is 0 Å². The van der Waals surface area contributed by atoms with Crippen LogP contribution in [0.3, 0.4) is 0 Å². The minimum atomic E-state index is -0.0284. The van der Waals surface area contributed by atoms with Crippen LogP contribution in [0.1, 0.15) is 64.9 Å². The molecule has 2 saturated heterocycles. The van der Waals surface area contributed by atoms with E-state index in [0.29, 0.717) is 44.9 Å². The van der Waals surface area contributed by atoms with Crippen LogP contribution in [0.15, 0.2) is 28.7 Å². The molecule has 1 aromatic carbocycles. The van der Waals surface area contributed by atoms with Gasteiger partial charge >= 0.3 is 0 Å². The van der Waals surface area contributed by atoms with Crippen molar-refractivity contribution >= 4 is 11.8 Å². The van der Waals surface area contributed by atoms with Crippen LogP contribution >= 0.6 is 0 Å². The van der Waals surface area contributed by atoms with Crippen molar-refractivity contribution in [2.45, 2.75) is 51.5 Å². The van der Waals surface area contributed by atoms with E-state index in [-0.39, 0.29) is 17.7 Å². The van der Waals surface area contributed by atoms with Gasteiger partial charge < -0.3 is 19.0 Å². The lowest BCUT2D eigenvalue weighted by molar-refractivity contribution is -0.138. The zero-order chi connectivity index (χ0) is 22.1. The average Bonchev–Trinajstić information content (AvgIpc) is 3.28. The minimum absolute atomic E-state index is 0.0284. The fourth-order valence-corrected chi connectivity index (χ4v) is 5.10. The Morgan fingerprint density at radius 1 is 1.00 bits per heavy atom. The number of aromatic nitrogens is 1. The average molecular weight is 438 g/mol. The van der Waals surface area contributed by atoms with Crippen LogP contribution < -0.4 is 0 Å². The van der Waals surface area contributed by atoms with Crippen LogP contribution in [0.2, 0.25) is 0 Å². The number of carbonyl (C=O) groups excluding carboxylic acids is 2. The summed E-state index contributed by atoms with van der Waals surface area (Å²) in [6.07, 6.45) is 4.05.